The van der Waals surface area contributed by atoms with Gasteiger partial charge in [-0.2, -0.15) is 0 Å². The minimum Gasteiger partial charge on any atom is -0.508 e. The number of nitrogens with one attached hydrogen (secondary N) is 1. The van der Waals surface area contributed by atoms with Gasteiger partial charge < -0.3 is 5.11 Å². The maximum Gasteiger partial charge on any atom is 0.328 e. The molecular formula is C12H12N2O3. The Labute approximate surface area is 98.4 Å². The molecule has 2 rings (SSSR count). The number of amides is 3. The molecule has 1 aromatic rings. The SMILES string of the molecule is C=C(O)c1ccc(N2CCC(=O)NC2=O)cc1. The van der Waals surface area contributed by atoms with Crippen LogP contribution in [0.1, 0.15) is 12.0 Å². The summed E-state index contributed by atoms with van der Waals surface area (Å²) in [4.78, 5) is 24.0. The standard InChI is InChI=1S/C12H12N2O3/c1-8(15)9-2-4-10(5-3-9)14-7-6-11(16)13-12(14)17/h2-5,15H,1,6-7H2,(H,13,16,17). The predicted octanol–water partition coefficient (Wildman–Crippen LogP) is 1.66. The largest absolute Gasteiger partial charge is 0.508 e. The van der Waals surface area contributed by atoms with Gasteiger partial charge in [-0.25, -0.2) is 4.79 Å². The second-order valence-electron chi connectivity index (χ2n) is 3.75. The van der Waals surface area contributed by atoms with E-state index >= 15 is 0 Å². The van der Waals surface area contributed by atoms with Gasteiger partial charge in [-0.1, -0.05) is 6.58 Å². The fourth-order valence-electron chi connectivity index (χ4n) is 1.64. The fourth-order valence-corrected chi connectivity index (χ4v) is 1.64. The number of urea groups is 1. The molecular weight excluding hydrogens is 220 g/mol. The van der Waals surface area contributed by atoms with E-state index in [-0.39, 0.29) is 11.7 Å². The molecule has 0 atom stereocenters. The maximum atomic E-state index is 11.6. The number of aliphatic hydroxyl groups excluding tert-OH is 1. The number of nitrogens with zero attached hydrogens (tertiary/aromatic N) is 1. The number of benzene rings is 1. The molecule has 88 valence electrons. The van der Waals surface area contributed by atoms with Crippen LogP contribution in [0.25, 0.3) is 5.76 Å². The molecule has 2 N–H and O–H groups in total. The Hall–Kier alpha value is -2.30. The van der Waals surface area contributed by atoms with Crippen molar-refractivity contribution in [1.29, 1.82) is 0 Å². The van der Waals surface area contributed by atoms with Crippen LogP contribution in [0.2, 0.25) is 0 Å². The summed E-state index contributed by atoms with van der Waals surface area (Å²) in [5, 5.41) is 11.4. The predicted molar refractivity (Wildman–Crippen MR) is 63.6 cm³/mol. The van der Waals surface area contributed by atoms with Crippen LogP contribution in [0.15, 0.2) is 30.8 Å². The summed E-state index contributed by atoms with van der Waals surface area (Å²) in [6.45, 7) is 3.78. The number of imide groups is 1. The third kappa shape index (κ3) is 2.28. The van der Waals surface area contributed by atoms with Gasteiger partial charge in [0.05, 0.1) is 0 Å². The molecule has 0 aliphatic carbocycles. The first-order chi connectivity index (χ1) is 8.08. The first kappa shape index (κ1) is 11.2. The molecule has 1 aliphatic heterocycles. The lowest BCUT2D eigenvalue weighted by Gasteiger charge is -2.26. The topological polar surface area (TPSA) is 69.6 Å². The van der Waals surface area contributed by atoms with E-state index in [0.29, 0.717) is 24.2 Å². The van der Waals surface area contributed by atoms with E-state index < -0.39 is 6.03 Å². The number of hydrogen-bond donors (Lipinski definition) is 2. The first-order valence-electron chi connectivity index (χ1n) is 5.17. The second-order valence-corrected chi connectivity index (χ2v) is 3.75. The van der Waals surface area contributed by atoms with Crippen LogP contribution in [0.4, 0.5) is 10.5 Å². The summed E-state index contributed by atoms with van der Waals surface area (Å²) in [7, 11) is 0. The van der Waals surface area contributed by atoms with Crippen LogP contribution in [-0.2, 0) is 4.79 Å². The van der Waals surface area contributed by atoms with Crippen LogP contribution in [-0.4, -0.2) is 23.6 Å². The molecule has 0 bridgehead atoms. The van der Waals surface area contributed by atoms with Crippen molar-refractivity contribution in [2.75, 3.05) is 11.4 Å². The van der Waals surface area contributed by atoms with Crippen molar-refractivity contribution in [2.45, 2.75) is 6.42 Å². The summed E-state index contributed by atoms with van der Waals surface area (Å²) in [5.41, 5.74) is 1.28. The van der Waals surface area contributed by atoms with Gasteiger partial charge in [-0.05, 0) is 24.3 Å². The van der Waals surface area contributed by atoms with Crippen LogP contribution in [0.3, 0.4) is 0 Å². The number of hydrogen-bond acceptors (Lipinski definition) is 3. The molecule has 0 saturated carbocycles. The third-order valence-corrected chi connectivity index (χ3v) is 2.57. The van der Waals surface area contributed by atoms with E-state index in [1.54, 1.807) is 24.3 Å². The summed E-state index contributed by atoms with van der Waals surface area (Å²) in [6.07, 6.45) is 0.292. The maximum absolute atomic E-state index is 11.6. The van der Waals surface area contributed by atoms with Gasteiger partial charge in [0.25, 0.3) is 0 Å². The van der Waals surface area contributed by atoms with Gasteiger partial charge in [0.15, 0.2) is 0 Å². The molecule has 5 heteroatoms. The van der Waals surface area contributed by atoms with Crippen LogP contribution < -0.4 is 10.2 Å². The number of rotatable bonds is 2. The van der Waals surface area contributed by atoms with Crippen molar-refractivity contribution in [2.24, 2.45) is 0 Å². The molecule has 0 spiro atoms. The Morgan fingerprint density at radius 1 is 1.29 bits per heavy atom. The van der Waals surface area contributed by atoms with Gasteiger partial charge in [0, 0.05) is 24.2 Å². The molecule has 3 amide bonds. The molecule has 1 aromatic carbocycles. The molecule has 1 aliphatic rings. The van der Waals surface area contributed by atoms with E-state index in [1.807, 2.05) is 0 Å². The number of carbonyl (C=O) groups excluding carboxylic acids is 2. The fraction of sp³-hybridized carbons (Fsp3) is 0.167. The second kappa shape index (κ2) is 4.29. The van der Waals surface area contributed by atoms with Crippen LogP contribution in [0, 0.1) is 0 Å². The molecule has 0 radical (unpaired) electrons. The molecule has 0 unspecified atom stereocenters. The van der Waals surface area contributed by atoms with Gasteiger partial charge in [-0.3, -0.25) is 15.0 Å². The molecule has 1 saturated heterocycles. The molecule has 0 aromatic heterocycles. The van der Waals surface area contributed by atoms with Crippen molar-refractivity contribution >= 4 is 23.4 Å². The number of aliphatic hydroxyl groups is 1. The van der Waals surface area contributed by atoms with E-state index in [4.69, 9.17) is 0 Å². The zero-order chi connectivity index (χ0) is 12.4. The Balaban J connectivity index is 2.20. The van der Waals surface area contributed by atoms with Gasteiger partial charge in [-0.15, -0.1) is 0 Å². The normalized spacial score (nSPS) is 15.6. The summed E-state index contributed by atoms with van der Waals surface area (Å²) >= 11 is 0. The van der Waals surface area contributed by atoms with E-state index in [1.165, 1.54) is 4.90 Å². The molecule has 1 fully saturated rings. The van der Waals surface area contributed by atoms with Crippen molar-refractivity contribution in [1.82, 2.24) is 5.32 Å². The Kier molecular flexibility index (Phi) is 2.82. The monoisotopic (exact) mass is 232 g/mol. The van der Waals surface area contributed by atoms with Gasteiger partial charge >= 0.3 is 6.03 Å². The van der Waals surface area contributed by atoms with Gasteiger partial charge in [0.2, 0.25) is 5.91 Å². The average Bonchev–Trinajstić information content (AvgIpc) is 2.29. The lowest BCUT2D eigenvalue weighted by molar-refractivity contribution is -0.120. The molecule has 5 nitrogen and oxygen atoms in total. The molecule has 1 heterocycles. The van der Waals surface area contributed by atoms with E-state index in [9.17, 15) is 14.7 Å². The van der Waals surface area contributed by atoms with Crippen molar-refractivity contribution in [3.63, 3.8) is 0 Å². The number of anilines is 1. The zero-order valence-electron chi connectivity index (χ0n) is 9.14. The van der Waals surface area contributed by atoms with Crippen molar-refractivity contribution < 1.29 is 14.7 Å². The highest BCUT2D eigenvalue weighted by Crippen LogP contribution is 2.19. The summed E-state index contributed by atoms with van der Waals surface area (Å²) in [6, 6.07) is 6.32. The highest BCUT2D eigenvalue weighted by atomic mass is 16.3. The van der Waals surface area contributed by atoms with Crippen LogP contribution in [0.5, 0.6) is 0 Å². The molecule has 17 heavy (non-hydrogen) atoms. The average molecular weight is 232 g/mol. The van der Waals surface area contributed by atoms with Gasteiger partial charge in [0.1, 0.15) is 5.76 Å². The quantitative estimate of drug-likeness (QED) is 0.762. The van der Waals surface area contributed by atoms with Crippen LogP contribution >= 0.6 is 0 Å². The number of carbonyl (C=O) groups is 2. The Morgan fingerprint density at radius 2 is 1.94 bits per heavy atom. The smallest absolute Gasteiger partial charge is 0.328 e. The highest BCUT2D eigenvalue weighted by molar-refractivity contribution is 6.05. The van der Waals surface area contributed by atoms with E-state index in [0.717, 1.165) is 0 Å². The lowest BCUT2D eigenvalue weighted by atomic mass is 10.1. The Morgan fingerprint density at radius 3 is 2.47 bits per heavy atom. The minimum absolute atomic E-state index is 0.0187. The first-order valence-corrected chi connectivity index (χ1v) is 5.17. The van der Waals surface area contributed by atoms with E-state index in [2.05, 4.69) is 11.9 Å². The zero-order valence-corrected chi connectivity index (χ0v) is 9.14. The Bertz CT molecular complexity index is 479. The lowest BCUT2D eigenvalue weighted by Crippen LogP contribution is -2.49. The third-order valence-electron chi connectivity index (χ3n) is 2.57. The summed E-state index contributed by atoms with van der Waals surface area (Å²) < 4.78 is 0. The minimum atomic E-state index is -0.420. The van der Waals surface area contributed by atoms with Crippen molar-refractivity contribution in [3.05, 3.63) is 36.4 Å². The van der Waals surface area contributed by atoms with Crippen molar-refractivity contribution in [3.8, 4) is 0 Å². The summed E-state index contributed by atoms with van der Waals surface area (Å²) in [5.74, 6) is -0.276. The highest BCUT2D eigenvalue weighted by Gasteiger charge is 2.23.